The first-order chi connectivity index (χ1) is 6.77. The van der Waals surface area contributed by atoms with Crippen molar-refractivity contribution in [1.29, 1.82) is 0 Å². The van der Waals surface area contributed by atoms with Crippen LogP contribution in [0.3, 0.4) is 0 Å². The average molecular weight is 188 g/mol. The van der Waals surface area contributed by atoms with Crippen LogP contribution in [0, 0.1) is 0 Å². The summed E-state index contributed by atoms with van der Waals surface area (Å²) in [5.74, 6) is 0. The predicted octanol–water partition coefficient (Wildman–Crippen LogP) is 1.29. The molecule has 0 saturated carbocycles. The second-order valence-corrected chi connectivity index (χ2v) is 3.22. The van der Waals surface area contributed by atoms with Crippen molar-refractivity contribution in [3.05, 3.63) is 42.5 Å². The zero-order valence-electron chi connectivity index (χ0n) is 7.96. The smallest absolute Gasteiger partial charge is 0.138 e. The van der Waals surface area contributed by atoms with Crippen molar-refractivity contribution in [2.45, 2.75) is 13.0 Å². The van der Waals surface area contributed by atoms with E-state index in [-0.39, 0.29) is 6.04 Å². The Balaban J connectivity index is 2.41. The lowest BCUT2D eigenvalue weighted by Crippen LogP contribution is -2.05. The molecule has 0 spiro atoms. The lowest BCUT2D eigenvalue weighted by molar-refractivity contribution is 0.809. The van der Waals surface area contributed by atoms with E-state index in [1.807, 2.05) is 31.2 Å². The molecule has 1 heterocycles. The maximum absolute atomic E-state index is 5.79. The van der Waals surface area contributed by atoms with Crippen molar-refractivity contribution in [2.75, 3.05) is 0 Å². The summed E-state index contributed by atoms with van der Waals surface area (Å²) in [5, 5.41) is 4.05. The summed E-state index contributed by atoms with van der Waals surface area (Å²) >= 11 is 0. The maximum Gasteiger partial charge on any atom is 0.138 e. The number of benzene rings is 1. The van der Waals surface area contributed by atoms with Gasteiger partial charge in [0.05, 0.1) is 5.69 Å². The van der Waals surface area contributed by atoms with Gasteiger partial charge in [0.15, 0.2) is 0 Å². The molecule has 0 amide bonds. The van der Waals surface area contributed by atoms with Gasteiger partial charge < -0.3 is 5.73 Å². The summed E-state index contributed by atoms with van der Waals surface area (Å²) in [4.78, 5) is 3.89. The molecular formula is C10H12N4. The summed E-state index contributed by atoms with van der Waals surface area (Å²) in [6.45, 7) is 1.96. The van der Waals surface area contributed by atoms with Gasteiger partial charge in [-0.1, -0.05) is 12.1 Å². The molecule has 2 aromatic rings. The molecule has 72 valence electrons. The summed E-state index contributed by atoms with van der Waals surface area (Å²) in [5.41, 5.74) is 7.87. The Kier molecular flexibility index (Phi) is 2.28. The lowest BCUT2D eigenvalue weighted by Gasteiger charge is -2.07. The Hall–Kier alpha value is -1.68. The number of hydrogen-bond acceptors (Lipinski definition) is 3. The molecule has 0 aliphatic rings. The Bertz CT molecular complexity index is 406. The van der Waals surface area contributed by atoms with Crippen LogP contribution in [0.15, 0.2) is 36.9 Å². The first-order valence-electron chi connectivity index (χ1n) is 4.48. The van der Waals surface area contributed by atoms with Crippen molar-refractivity contribution in [3.8, 4) is 5.69 Å². The Labute approximate surface area is 82.4 Å². The second-order valence-electron chi connectivity index (χ2n) is 3.22. The monoisotopic (exact) mass is 188 g/mol. The van der Waals surface area contributed by atoms with Gasteiger partial charge in [-0.2, -0.15) is 5.10 Å². The van der Waals surface area contributed by atoms with Crippen LogP contribution in [0.4, 0.5) is 0 Å². The Morgan fingerprint density at radius 3 is 2.93 bits per heavy atom. The number of rotatable bonds is 2. The van der Waals surface area contributed by atoms with Gasteiger partial charge in [-0.3, -0.25) is 0 Å². The lowest BCUT2D eigenvalue weighted by atomic mass is 10.1. The van der Waals surface area contributed by atoms with Gasteiger partial charge in [-0.25, -0.2) is 9.67 Å². The van der Waals surface area contributed by atoms with E-state index in [4.69, 9.17) is 5.73 Å². The number of nitrogens with two attached hydrogens (primary N) is 1. The van der Waals surface area contributed by atoms with Crippen molar-refractivity contribution < 1.29 is 0 Å². The molecule has 2 N–H and O–H groups in total. The molecule has 0 aliphatic heterocycles. The highest BCUT2D eigenvalue weighted by Gasteiger charge is 2.01. The van der Waals surface area contributed by atoms with Gasteiger partial charge in [0.2, 0.25) is 0 Å². The highest BCUT2D eigenvalue weighted by Crippen LogP contribution is 2.13. The molecule has 14 heavy (non-hydrogen) atoms. The van der Waals surface area contributed by atoms with Gasteiger partial charge in [-0.15, -0.1) is 0 Å². The van der Waals surface area contributed by atoms with Gasteiger partial charge in [-0.05, 0) is 24.6 Å². The molecule has 0 unspecified atom stereocenters. The molecule has 2 rings (SSSR count). The number of nitrogens with zero attached hydrogens (tertiary/aromatic N) is 3. The zero-order valence-corrected chi connectivity index (χ0v) is 7.96. The van der Waals surface area contributed by atoms with E-state index >= 15 is 0 Å². The van der Waals surface area contributed by atoms with Gasteiger partial charge >= 0.3 is 0 Å². The molecule has 4 heteroatoms. The third-order valence-corrected chi connectivity index (χ3v) is 2.08. The maximum atomic E-state index is 5.79. The quantitative estimate of drug-likeness (QED) is 0.772. The second kappa shape index (κ2) is 3.59. The fourth-order valence-electron chi connectivity index (χ4n) is 1.29. The molecule has 0 fully saturated rings. The summed E-state index contributed by atoms with van der Waals surface area (Å²) in [7, 11) is 0. The largest absolute Gasteiger partial charge is 0.324 e. The zero-order chi connectivity index (χ0) is 9.97. The van der Waals surface area contributed by atoms with Crippen molar-refractivity contribution in [3.63, 3.8) is 0 Å². The third kappa shape index (κ3) is 1.65. The van der Waals surface area contributed by atoms with E-state index in [0.29, 0.717) is 0 Å². The normalized spacial score (nSPS) is 12.7. The minimum Gasteiger partial charge on any atom is -0.324 e. The van der Waals surface area contributed by atoms with Gasteiger partial charge in [0, 0.05) is 6.04 Å². The van der Waals surface area contributed by atoms with E-state index in [0.717, 1.165) is 11.3 Å². The van der Waals surface area contributed by atoms with Crippen LogP contribution in [0.2, 0.25) is 0 Å². The van der Waals surface area contributed by atoms with Crippen molar-refractivity contribution in [2.24, 2.45) is 5.73 Å². The van der Waals surface area contributed by atoms with Crippen LogP contribution in [0.1, 0.15) is 18.5 Å². The molecule has 0 radical (unpaired) electrons. The van der Waals surface area contributed by atoms with E-state index in [1.54, 1.807) is 11.0 Å². The van der Waals surface area contributed by atoms with Crippen molar-refractivity contribution in [1.82, 2.24) is 14.8 Å². The van der Waals surface area contributed by atoms with Crippen LogP contribution >= 0.6 is 0 Å². The predicted molar refractivity (Wildman–Crippen MR) is 54.0 cm³/mol. The van der Waals surface area contributed by atoms with E-state index < -0.39 is 0 Å². The molecule has 0 aliphatic carbocycles. The fourth-order valence-corrected chi connectivity index (χ4v) is 1.29. The molecule has 1 aromatic carbocycles. The SMILES string of the molecule is C[C@H](N)c1cccc(-n2cncn2)c1. The van der Waals surface area contributed by atoms with Crippen molar-refractivity contribution >= 4 is 0 Å². The minimum atomic E-state index is 0.0403. The highest BCUT2D eigenvalue weighted by atomic mass is 15.3. The average Bonchev–Trinajstić information content (AvgIpc) is 2.71. The molecule has 0 saturated heterocycles. The Morgan fingerprint density at radius 2 is 2.29 bits per heavy atom. The van der Waals surface area contributed by atoms with Crippen LogP contribution < -0.4 is 5.73 Å². The minimum absolute atomic E-state index is 0.0403. The Morgan fingerprint density at radius 1 is 1.43 bits per heavy atom. The fraction of sp³-hybridized carbons (Fsp3) is 0.200. The summed E-state index contributed by atoms with van der Waals surface area (Å²) < 4.78 is 1.71. The number of hydrogen-bond donors (Lipinski definition) is 1. The molecular weight excluding hydrogens is 176 g/mol. The van der Waals surface area contributed by atoms with Crippen LogP contribution in [-0.4, -0.2) is 14.8 Å². The van der Waals surface area contributed by atoms with Gasteiger partial charge in [0.25, 0.3) is 0 Å². The van der Waals surface area contributed by atoms with Gasteiger partial charge in [0.1, 0.15) is 12.7 Å². The van der Waals surface area contributed by atoms with E-state index in [1.165, 1.54) is 6.33 Å². The van der Waals surface area contributed by atoms with Crippen LogP contribution in [0.5, 0.6) is 0 Å². The third-order valence-electron chi connectivity index (χ3n) is 2.08. The first kappa shape index (κ1) is 8.90. The highest BCUT2D eigenvalue weighted by molar-refractivity contribution is 5.35. The van der Waals surface area contributed by atoms with E-state index in [2.05, 4.69) is 10.1 Å². The van der Waals surface area contributed by atoms with Crippen LogP contribution in [0.25, 0.3) is 5.69 Å². The molecule has 4 nitrogen and oxygen atoms in total. The van der Waals surface area contributed by atoms with E-state index in [9.17, 15) is 0 Å². The molecule has 1 atom stereocenters. The standard InChI is InChI=1S/C10H12N4/c1-8(11)9-3-2-4-10(5-9)14-7-12-6-13-14/h2-8H,11H2,1H3/t8-/m0/s1. The first-order valence-corrected chi connectivity index (χ1v) is 4.48. The molecule has 0 bridgehead atoms. The molecule has 1 aromatic heterocycles. The topological polar surface area (TPSA) is 56.7 Å². The summed E-state index contributed by atoms with van der Waals surface area (Å²) in [6, 6.07) is 8.00. The number of aromatic nitrogens is 3. The summed E-state index contributed by atoms with van der Waals surface area (Å²) in [6.07, 6.45) is 3.18. The van der Waals surface area contributed by atoms with Crippen LogP contribution in [-0.2, 0) is 0 Å².